The van der Waals surface area contributed by atoms with E-state index in [1.54, 1.807) is 0 Å². The number of alkyl halides is 4. The van der Waals surface area contributed by atoms with Crippen LogP contribution in [0.25, 0.3) is 5.65 Å². The number of carbonyl (C=O) groups excluding carboxylic acids is 2. The molecule has 1 fully saturated rings. The molecule has 3 atom stereocenters. The summed E-state index contributed by atoms with van der Waals surface area (Å²) in [5, 5.41) is 26.8. The number of rotatable bonds is 9. The lowest BCUT2D eigenvalue weighted by molar-refractivity contribution is -0.126. The predicted molar refractivity (Wildman–Crippen MR) is 122 cm³/mol. The zero-order chi connectivity index (χ0) is 27.6. The zero-order valence-corrected chi connectivity index (χ0v) is 20.6. The monoisotopic (exact) mass is 541 g/mol. The Balaban J connectivity index is 1.56. The van der Waals surface area contributed by atoms with E-state index in [1.807, 2.05) is 0 Å². The number of imidazole rings is 1. The highest BCUT2D eigenvalue weighted by Gasteiger charge is 2.39. The molecule has 0 aliphatic heterocycles. The second kappa shape index (κ2) is 11.0. The van der Waals surface area contributed by atoms with Gasteiger partial charge in [0.25, 0.3) is 5.91 Å². The smallest absolute Gasteiger partial charge is 0.276 e. The van der Waals surface area contributed by atoms with Crippen LogP contribution in [0.1, 0.15) is 78.7 Å². The standard InChI is InChI=1S/C23H27F4N7O4/c1-11(20(24)25)7-17(35)30-21(36)14-8-16-29-15(10-34(16)28-9-14)19(13-3-5-23(26,27)6-4-13)31-22(37)18-12(2)32-38-33-18/h8-11,13,19-21,36H,3-7H2,1-2H3,(H,30,35)(H,31,37)/t11-,19-,21+/m0/s1. The Kier molecular flexibility index (Phi) is 7.94. The molecule has 1 aliphatic rings. The van der Waals surface area contributed by atoms with Gasteiger partial charge < -0.3 is 15.7 Å². The first-order chi connectivity index (χ1) is 17.9. The summed E-state index contributed by atoms with van der Waals surface area (Å²) in [6.45, 7) is 2.76. The number of fused-ring (bicyclic) bond motifs is 1. The molecule has 0 bridgehead atoms. The molecular formula is C23H27F4N7O4. The molecule has 1 aliphatic carbocycles. The maximum atomic E-state index is 13.8. The second-order valence-electron chi connectivity index (χ2n) is 9.59. The van der Waals surface area contributed by atoms with E-state index in [9.17, 15) is 32.3 Å². The van der Waals surface area contributed by atoms with Gasteiger partial charge in [0.15, 0.2) is 17.6 Å². The van der Waals surface area contributed by atoms with Gasteiger partial charge in [-0.25, -0.2) is 31.7 Å². The summed E-state index contributed by atoms with van der Waals surface area (Å²) in [4.78, 5) is 29.3. The number of hydrogen-bond acceptors (Lipinski definition) is 8. The number of halogens is 4. The van der Waals surface area contributed by atoms with Gasteiger partial charge in [-0.3, -0.25) is 9.59 Å². The Morgan fingerprint density at radius 3 is 2.58 bits per heavy atom. The summed E-state index contributed by atoms with van der Waals surface area (Å²) in [6, 6.07) is 0.665. The number of carbonyl (C=O) groups is 2. The number of hydrogen-bond donors (Lipinski definition) is 3. The highest BCUT2D eigenvalue weighted by molar-refractivity contribution is 5.93. The molecule has 38 heavy (non-hydrogen) atoms. The van der Waals surface area contributed by atoms with E-state index < -0.39 is 48.8 Å². The van der Waals surface area contributed by atoms with Gasteiger partial charge in [-0.15, -0.1) is 0 Å². The van der Waals surface area contributed by atoms with Crippen LogP contribution in [0.2, 0.25) is 0 Å². The fourth-order valence-electron chi connectivity index (χ4n) is 4.36. The molecule has 3 aromatic heterocycles. The predicted octanol–water partition coefficient (Wildman–Crippen LogP) is 3.12. The van der Waals surface area contributed by atoms with Crippen molar-refractivity contribution in [1.82, 2.24) is 35.5 Å². The van der Waals surface area contributed by atoms with E-state index in [0.717, 1.165) is 0 Å². The first-order valence-corrected chi connectivity index (χ1v) is 12.0. The van der Waals surface area contributed by atoms with Crippen molar-refractivity contribution < 1.29 is 36.9 Å². The molecule has 0 saturated heterocycles. The molecule has 0 spiro atoms. The number of nitrogens with one attached hydrogen (secondary N) is 2. The average Bonchev–Trinajstić information content (AvgIpc) is 3.47. The molecule has 3 heterocycles. The Labute approximate surface area is 213 Å². The number of aryl methyl sites for hydroxylation is 1. The van der Waals surface area contributed by atoms with Crippen LogP contribution in [0.4, 0.5) is 17.6 Å². The second-order valence-corrected chi connectivity index (χ2v) is 9.59. The van der Waals surface area contributed by atoms with Crippen molar-refractivity contribution >= 4 is 17.5 Å². The van der Waals surface area contributed by atoms with E-state index in [4.69, 9.17) is 0 Å². The Hall–Kier alpha value is -3.62. The molecule has 3 aromatic rings. The van der Waals surface area contributed by atoms with Crippen LogP contribution >= 0.6 is 0 Å². The van der Waals surface area contributed by atoms with Crippen LogP contribution < -0.4 is 10.6 Å². The third-order valence-corrected chi connectivity index (χ3v) is 6.62. The largest absolute Gasteiger partial charge is 0.369 e. The van der Waals surface area contributed by atoms with Gasteiger partial charge in [0.05, 0.1) is 24.1 Å². The average molecular weight is 542 g/mol. The van der Waals surface area contributed by atoms with E-state index in [1.165, 1.54) is 36.8 Å². The summed E-state index contributed by atoms with van der Waals surface area (Å²) < 4.78 is 59.0. The molecule has 0 aromatic carbocycles. The highest BCUT2D eigenvalue weighted by atomic mass is 19.3. The zero-order valence-electron chi connectivity index (χ0n) is 20.6. The van der Waals surface area contributed by atoms with Crippen molar-refractivity contribution in [1.29, 1.82) is 0 Å². The van der Waals surface area contributed by atoms with Gasteiger partial charge >= 0.3 is 0 Å². The number of amides is 2. The summed E-state index contributed by atoms with van der Waals surface area (Å²) in [5.41, 5.74) is 0.954. The van der Waals surface area contributed by atoms with E-state index in [2.05, 4.69) is 35.7 Å². The maximum absolute atomic E-state index is 13.8. The molecule has 0 unspecified atom stereocenters. The van der Waals surface area contributed by atoms with Crippen molar-refractivity contribution in [2.45, 2.75) is 70.6 Å². The fourth-order valence-corrected chi connectivity index (χ4v) is 4.36. The van der Waals surface area contributed by atoms with Crippen LogP contribution in [0.5, 0.6) is 0 Å². The van der Waals surface area contributed by atoms with E-state index >= 15 is 0 Å². The van der Waals surface area contributed by atoms with Crippen LogP contribution in [0, 0.1) is 18.8 Å². The summed E-state index contributed by atoms with van der Waals surface area (Å²) in [7, 11) is 0. The molecule has 0 radical (unpaired) electrons. The van der Waals surface area contributed by atoms with Crippen LogP contribution in [-0.2, 0) is 4.79 Å². The lowest BCUT2D eigenvalue weighted by atomic mass is 9.81. The highest BCUT2D eigenvalue weighted by Crippen LogP contribution is 2.41. The third kappa shape index (κ3) is 6.26. The molecular weight excluding hydrogens is 514 g/mol. The van der Waals surface area contributed by atoms with Gasteiger partial charge in [-0.2, -0.15) is 5.10 Å². The maximum Gasteiger partial charge on any atom is 0.276 e. The van der Waals surface area contributed by atoms with E-state index in [0.29, 0.717) is 5.69 Å². The topological polar surface area (TPSA) is 148 Å². The fraction of sp³-hybridized carbons (Fsp3) is 0.565. The first-order valence-electron chi connectivity index (χ1n) is 12.0. The Morgan fingerprint density at radius 2 is 1.95 bits per heavy atom. The van der Waals surface area contributed by atoms with Crippen molar-refractivity contribution in [2.75, 3.05) is 0 Å². The van der Waals surface area contributed by atoms with Crippen molar-refractivity contribution in [2.24, 2.45) is 11.8 Å². The Morgan fingerprint density at radius 1 is 1.24 bits per heavy atom. The molecule has 4 rings (SSSR count). The third-order valence-electron chi connectivity index (χ3n) is 6.62. The molecule has 1 saturated carbocycles. The van der Waals surface area contributed by atoms with Crippen molar-refractivity contribution in [3.8, 4) is 0 Å². The molecule has 2 amide bonds. The lowest BCUT2D eigenvalue weighted by Crippen LogP contribution is -2.37. The molecule has 206 valence electrons. The summed E-state index contributed by atoms with van der Waals surface area (Å²) >= 11 is 0. The van der Waals surface area contributed by atoms with Crippen molar-refractivity contribution in [3.63, 3.8) is 0 Å². The number of aromatic nitrogens is 5. The van der Waals surface area contributed by atoms with Gasteiger partial charge in [0.1, 0.15) is 5.69 Å². The van der Waals surface area contributed by atoms with Gasteiger partial charge in [-0.1, -0.05) is 12.1 Å². The number of aliphatic hydroxyl groups is 1. The van der Waals surface area contributed by atoms with Crippen LogP contribution in [-0.4, -0.2) is 54.2 Å². The van der Waals surface area contributed by atoms with Gasteiger partial charge in [-0.05, 0) is 36.9 Å². The summed E-state index contributed by atoms with van der Waals surface area (Å²) in [5.74, 6) is -5.68. The normalized spacial score (nSPS) is 18.3. The minimum atomic E-state index is -2.78. The molecule has 15 heteroatoms. The quantitative estimate of drug-likeness (QED) is 0.277. The minimum absolute atomic E-state index is 0.0414. The lowest BCUT2D eigenvalue weighted by Gasteiger charge is -2.33. The van der Waals surface area contributed by atoms with E-state index in [-0.39, 0.29) is 54.2 Å². The van der Waals surface area contributed by atoms with Gasteiger partial charge in [0, 0.05) is 30.7 Å². The number of aliphatic hydroxyl groups excluding tert-OH is 1. The molecule has 3 N–H and O–H groups in total. The van der Waals surface area contributed by atoms with Crippen molar-refractivity contribution in [3.05, 3.63) is 41.1 Å². The van der Waals surface area contributed by atoms with Gasteiger partial charge in [0.2, 0.25) is 18.3 Å². The van der Waals surface area contributed by atoms with Crippen LogP contribution in [0.15, 0.2) is 23.1 Å². The summed E-state index contributed by atoms with van der Waals surface area (Å²) in [6.07, 6.45) is -2.26. The SMILES string of the molecule is Cc1nonc1C(=O)N[C@H](c1cn2ncc([C@@H](O)NC(=O)C[C@H](C)C(F)F)cc2n1)C1CCC(F)(F)CC1. The first kappa shape index (κ1) is 27.4. The minimum Gasteiger partial charge on any atom is -0.369 e. The Bertz CT molecular complexity index is 1290. The van der Waals surface area contributed by atoms with Crippen LogP contribution in [0.3, 0.4) is 0 Å². The number of nitrogens with zero attached hydrogens (tertiary/aromatic N) is 5. The molecule has 11 nitrogen and oxygen atoms in total.